The van der Waals surface area contributed by atoms with Crippen LogP contribution in [0, 0.1) is 0 Å². The zero-order chi connectivity index (χ0) is 18.7. The number of nitrogens with zero attached hydrogens (tertiary/aromatic N) is 3. The highest BCUT2D eigenvalue weighted by atomic mass is 16.8. The van der Waals surface area contributed by atoms with Gasteiger partial charge in [-0.2, -0.15) is 0 Å². The van der Waals surface area contributed by atoms with Crippen LogP contribution in [-0.4, -0.2) is 59.7 Å². The molecule has 3 rings (SSSR count). The first-order valence-electron chi connectivity index (χ1n) is 8.82. The minimum atomic E-state index is -0.839. The summed E-state index contributed by atoms with van der Waals surface area (Å²) in [6.07, 6.45) is -1.68. The molecule has 0 aliphatic carbocycles. The first-order valence-corrected chi connectivity index (χ1v) is 8.82. The SMILES string of the molecule is CC1(C)O[C@@H]2C(O)[C@H](Cc3ccc(CCN=[N+]=[N-])cc3)OC(CO)[C@@H]2O1. The van der Waals surface area contributed by atoms with Crippen molar-refractivity contribution in [3.05, 3.63) is 45.8 Å². The molecule has 2 saturated heterocycles. The van der Waals surface area contributed by atoms with Crippen molar-refractivity contribution >= 4 is 0 Å². The van der Waals surface area contributed by atoms with Crippen LogP contribution in [0.4, 0.5) is 0 Å². The van der Waals surface area contributed by atoms with Crippen LogP contribution < -0.4 is 0 Å². The third-order valence-electron chi connectivity index (χ3n) is 4.80. The molecule has 5 atom stereocenters. The molecule has 1 aromatic rings. The van der Waals surface area contributed by atoms with Crippen LogP contribution in [0.5, 0.6) is 0 Å². The van der Waals surface area contributed by atoms with Gasteiger partial charge in [0.15, 0.2) is 5.79 Å². The molecule has 0 aromatic heterocycles. The number of fused-ring (bicyclic) bond motifs is 1. The summed E-state index contributed by atoms with van der Waals surface area (Å²) < 4.78 is 17.5. The lowest BCUT2D eigenvalue weighted by atomic mass is 9.91. The molecule has 2 aliphatic heterocycles. The van der Waals surface area contributed by atoms with E-state index < -0.39 is 36.3 Å². The second-order valence-corrected chi connectivity index (χ2v) is 7.18. The largest absolute Gasteiger partial charge is 0.394 e. The van der Waals surface area contributed by atoms with Gasteiger partial charge in [-0.1, -0.05) is 29.4 Å². The van der Waals surface area contributed by atoms with Gasteiger partial charge in [0.25, 0.3) is 0 Å². The van der Waals surface area contributed by atoms with Gasteiger partial charge in [-0.05, 0) is 36.9 Å². The van der Waals surface area contributed by atoms with E-state index >= 15 is 0 Å². The Balaban J connectivity index is 1.66. The fourth-order valence-electron chi connectivity index (χ4n) is 3.58. The number of rotatable bonds is 6. The van der Waals surface area contributed by atoms with Gasteiger partial charge in [-0.3, -0.25) is 0 Å². The summed E-state index contributed by atoms with van der Waals surface area (Å²) in [5, 5.41) is 23.9. The van der Waals surface area contributed by atoms with E-state index in [0.29, 0.717) is 19.4 Å². The summed E-state index contributed by atoms with van der Waals surface area (Å²) in [5.74, 6) is -0.810. The second kappa shape index (κ2) is 7.92. The molecule has 2 N–H and O–H groups in total. The van der Waals surface area contributed by atoms with E-state index in [1.54, 1.807) is 13.8 Å². The maximum atomic E-state index is 10.7. The van der Waals surface area contributed by atoms with Crippen LogP contribution in [-0.2, 0) is 27.1 Å². The van der Waals surface area contributed by atoms with Crippen molar-refractivity contribution in [2.75, 3.05) is 13.2 Å². The van der Waals surface area contributed by atoms with E-state index in [0.717, 1.165) is 11.1 Å². The fraction of sp³-hybridized carbons (Fsp3) is 0.667. The Labute approximate surface area is 152 Å². The Morgan fingerprint density at radius 2 is 1.77 bits per heavy atom. The van der Waals surface area contributed by atoms with Crippen molar-refractivity contribution in [1.29, 1.82) is 0 Å². The summed E-state index contributed by atoms with van der Waals surface area (Å²) in [7, 11) is 0. The van der Waals surface area contributed by atoms with Crippen molar-refractivity contribution < 1.29 is 24.4 Å². The molecule has 8 heteroatoms. The molecule has 2 heterocycles. The Bertz CT molecular complexity index is 659. The molecule has 0 radical (unpaired) electrons. The number of hydrogen-bond acceptors (Lipinski definition) is 6. The van der Waals surface area contributed by atoms with E-state index in [1.165, 1.54) is 0 Å². The van der Waals surface area contributed by atoms with E-state index in [2.05, 4.69) is 10.0 Å². The van der Waals surface area contributed by atoms with Gasteiger partial charge in [0, 0.05) is 17.9 Å². The third-order valence-corrected chi connectivity index (χ3v) is 4.80. The van der Waals surface area contributed by atoms with Crippen LogP contribution in [0.25, 0.3) is 10.4 Å². The average molecular weight is 363 g/mol. The van der Waals surface area contributed by atoms with Gasteiger partial charge in [0.05, 0.1) is 12.7 Å². The maximum absolute atomic E-state index is 10.7. The molecule has 142 valence electrons. The highest BCUT2D eigenvalue weighted by Crippen LogP contribution is 2.38. The van der Waals surface area contributed by atoms with Crippen molar-refractivity contribution in [2.24, 2.45) is 5.11 Å². The van der Waals surface area contributed by atoms with Crippen LogP contribution in [0.2, 0.25) is 0 Å². The molecule has 0 saturated carbocycles. The quantitative estimate of drug-likeness (QED) is 0.453. The summed E-state index contributed by atoms with van der Waals surface area (Å²) in [4.78, 5) is 2.74. The topological polar surface area (TPSA) is 117 Å². The van der Waals surface area contributed by atoms with Gasteiger partial charge >= 0.3 is 0 Å². The summed E-state index contributed by atoms with van der Waals surface area (Å²) in [5.41, 5.74) is 10.4. The fourth-order valence-corrected chi connectivity index (χ4v) is 3.58. The molecule has 2 aliphatic rings. The van der Waals surface area contributed by atoms with Gasteiger partial charge in [-0.25, -0.2) is 0 Å². The number of benzene rings is 1. The maximum Gasteiger partial charge on any atom is 0.164 e. The molecule has 26 heavy (non-hydrogen) atoms. The summed E-state index contributed by atoms with van der Waals surface area (Å²) in [6.45, 7) is 3.81. The van der Waals surface area contributed by atoms with E-state index in [4.69, 9.17) is 19.7 Å². The molecule has 2 fully saturated rings. The second-order valence-electron chi connectivity index (χ2n) is 7.18. The van der Waals surface area contributed by atoms with Gasteiger partial charge in [0.1, 0.15) is 24.4 Å². The zero-order valence-corrected chi connectivity index (χ0v) is 15.0. The minimum Gasteiger partial charge on any atom is -0.394 e. The Hall–Kier alpha value is -1.67. The number of azide groups is 1. The Morgan fingerprint density at radius 3 is 2.42 bits per heavy atom. The van der Waals surface area contributed by atoms with Crippen molar-refractivity contribution in [3.63, 3.8) is 0 Å². The average Bonchev–Trinajstić information content (AvgIpc) is 2.95. The number of ether oxygens (including phenoxy) is 3. The highest BCUT2D eigenvalue weighted by molar-refractivity contribution is 5.24. The van der Waals surface area contributed by atoms with E-state index in [1.807, 2.05) is 24.3 Å². The molecular weight excluding hydrogens is 338 g/mol. The van der Waals surface area contributed by atoms with Crippen LogP contribution in [0.15, 0.2) is 29.4 Å². The third kappa shape index (κ3) is 4.17. The number of aliphatic hydroxyl groups is 2. The predicted molar refractivity (Wildman–Crippen MR) is 93.4 cm³/mol. The molecule has 0 spiro atoms. The van der Waals surface area contributed by atoms with Crippen molar-refractivity contribution in [2.45, 2.75) is 63.0 Å². The van der Waals surface area contributed by atoms with E-state index in [-0.39, 0.29) is 6.61 Å². The first-order chi connectivity index (χ1) is 12.4. The number of hydrogen-bond donors (Lipinski definition) is 2. The molecule has 0 bridgehead atoms. The summed E-state index contributed by atoms with van der Waals surface area (Å²) in [6, 6.07) is 7.89. The lowest BCUT2D eigenvalue weighted by Crippen LogP contribution is -2.57. The van der Waals surface area contributed by atoms with E-state index in [9.17, 15) is 10.2 Å². The van der Waals surface area contributed by atoms with Gasteiger partial charge in [-0.15, -0.1) is 0 Å². The highest BCUT2D eigenvalue weighted by Gasteiger charge is 2.54. The van der Waals surface area contributed by atoms with Crippen LogP contribution >= 0.6 is 0 Å². The van der Waals surface area contributed by atoms with Crippen molar-refractivity contribution in [3.8, 4) is 0 Å². The zero-order valence-electron chi connectivity index (χ0n) is 15.0. The lowest BCUT2D eigenvalue weighted by Gasteiger charge is -2.39. The molecular formula is C18H25N3O5. The predicted octanol–water partition coefficient (Wildman–Crippen LogP) is 1.72. The van der Waals surface area contributed by atoms with Crippen LogP contribution in [0.3, 0.4) is 0 Å². The minimum absolute atomic E-state index is 0.192. The normalized spacial score (nSPS) is 32.7. The standard InChI is InChI=1S/C18H25N3O5/c1-18(2)25-16-14(10-22)24-13(15(23)17(16)26-18)9-12-5-3-11(4-6-12)7-8-20-21-19/h3-6,13-17,22-23H,7-10H2,1-2H3/t13-,14?,15?,16-,17+/m0/s1. The number of aliphatic hydroxyl groups excluding tert-OH is 2. The Kier molecular flexibility index (Phi) is 5.82. The van der Waals surface area contributed by atoms with Gasteiger partial charge in [0.2, 0.25) is 0 Å². The summed E-state index contributed by atoms with van der Waals surface area (Å²) >= 11 is 0. The smallest absolute Gasteiger partial charge is 0.164 e. The van der Waals surface area contributed by atoms with Crippen molar-refractivity contribution in [1.82, 2.24) is 0 Å². The molecule has 2 unspecified atom stereocenters. The first kappa shape index (κ1) is 19.1. The van der Waals surface area contributed by atoms with Crippen LogP contribution in [0.1, 0.15) is 25.0 Å². The lowest BCUT2D eigenvalue weighted by molar-refractivity contribution is -0.195. The molecule has 1 aromatic carbocycles. The Morgan fingerprint density at radius 1 is 1.12 bits per heavy atom. The molecule has 0 amide bonds. The molecule has 8 nitrogen and oxygen atoms in total. The monoisotopic (exact) mass is 363 g/mol. The van der Waals surface area contributed by atoms with Gasteiger partial charge < -0.3 is 24.4 Å².